The van der Waals surface area contributed by atoms with Gasteiger partial charge in [-0.25, -0.2) is 0 Å². The number of carbonyl (C=O) groups excluding carboxylic acids is 1. The van der Waals surface area contributed by atoms with Crippen molar-refractivity contribution in [2.24, 2.45) is 5.92 Å². The zero-order chi connectivity index (χ0) is 12.7. The van der Waals surface area contributed by atoms with E-state index in [0.29, 0.717) is 13.2 Å². The molecule has 94 valence electrons. The monoisotopic (exact) mass is 236 g/mol. The van der Waals surface area contributed by atoms with Gasteiger partial charge in [0.2, 0.25) is 0 Å². The van der Waals surface area contributed by atoms with Crippen molar-refractivity contribution in [2.75, 3.05) is 6.61 Å². The maximum atomic E-state index is 11.6. The van der Waals surface area contributed by atoms with Gasteiger partial charge in [0, 0.05) is 12.3 Å². The van der Waals surface area contributed by atoms with E-state index in [1.54, 1.807) is 6.92 Å². The lowest BCUT2D eigenvalue weighted by molar-refractivity contribution is -0.126. The van der Waals surface area contributed by atoms with Crippen LogP contribution in [0.1, 0.15) is 25.8 Å². The molecule has 17 heavy (non-hydrogen) atoms. The topological polar surface area (TPSA) is 46.5 Å². The van der Waals surface area contributed by atoms with Gasteiger partial charge in [0.05, 0.1) is 19.3 Å². The van der Waals surface area contributed by atoms with Gasteiger partial charge in [0.1, 0.15) is 5.78 Å². The molecule has 0 amide bonds. The Hall–Kier alpha value is -1.19. The summed E-state index contributed by atoms with van der Waals surface area (Å²) in [6.45, 7) is 4.37. The molecule has 0 heterocycles. The van der Waals surface area contributed by atoms with Crippen molar-refractivity contribution in [1.82, 2.24) is 0 Å². The van der Waals surface area contributed by atoms with Gasteiger partial charge in [0.15, 0.2) is 0 Å². The van der Waals surface area contributed by atoms with Crippen molar-refractivity contribution in [1.29, 1.82) is 0 Å². The van der Waals surface area contributed by atoms with Crippen molar-refractivity contribution in [3.05, 3.63) is 35.9 Å². The molecule has 0 aliphatic carbocycles. The van der Waals surface area contributed by atoms with Crippen molar-refractivity contribution in [3.63, 3.8) is 0 Å². The summed E-state index contributed by atoms with van der Waals surface area (Å²) in [7, 11) is 0. The zero-order valence-electron chi connectivity index (χ0n) is 10.4. The molecule has 0 saturated carbocycles. The molecule has 0 aliphatic heterocycles. The van der Waals surface area contributed by atoms with Crippen molar-refractivity contribution >= 4 is 5.78 Å². The van der Waals surface area contributed by atoms with E-state index in [1.807, 2.05) is 37.3 Å². The number of ketones is 1. The molecule has 1 rings (SSSR count). The SMILES string of the molecule is C[C@H](COCc1ccccc1)C(=O)C[C@@H](C)O. The van der Waals surface area contributed by atoms with Crippen LogP contribution >= 0.6 is 0 Å². The number of hydrogen-bond acceptors (Lipinski definition) is 3. The second-order valence-electron chi connectivity index (χ2n) is 4.42. The average molecular weight is 236 g/mol. The Morgan fingerprint density at radius 3 is 2.53 bits per heavy atom. The van der Waals surface area contributed by atoms with Gasteiger partial charge in [-0.2, -0.15) is 0 Å². The van der Waals surface area contributed by atoms with Crippen LogP contribution in [0, 0.1) is 5.92 Å². The number of hydrogen-bond donors (Lipinski definition) is 1. The summed E-state index contributed by atoms with van der Waals surface area (Å²) in [4.78, 5) is 11.6. The number of benzene rings is 1. The van der Waals surface area contributed by atoms with Crippen LogP contribution in [0.3, 0.4) is 0 Å². The summed E-state index contributed by atoms with van der Waals surface area (Å²) in [6, 6.07) is 9.85. The van der Waals surface area contributed by atoms with Crippen LogP contribution < -0.4 is 0 Å². The van der Waals surface area contributed by atoms with Gasteiger partial charge in [-0.05, 0) is 12.5 Å². The summed E-state index contributed by atoms with van der Waals surface area (Å²) < 4.78 is 5.48. The molecule has 0 spiro atoms. The third kappa shape index (κ3) is 5.61. The van der Waals surface area contributed by atoms with Crippen molar-refractivity contribution < 1.29 is 14.6 Å². The first-order valence-corrected chi connectivity index (χ1v) is 5.92. The molecule has 0 bridgehead atoms. The molecule has 0 fully saturated rings. The third-order valence-electron chi connectivity index (χ3n) is 2.53. The zero-order valence-corrected chi connectivity index (χ0v) is 10.4. The lowest BCUT2D eigenvalue weighted by atomic mass is 10.0. The first-order valence-electron chi connectivity index (χ1n) is 5.92. The Balaban J connectivity index is 2.24. The highest BCUT2D eigenvalue weighted by atomic mass is 16.5. The molecule has 2 atom stereocenters. The second-order valence-corrected chi connectivity index (χ2v) is 4.42. The molecule has 1 N–H and O–H groups in total. The van der Waals surface area contributed by atoms with E-state index >= 15 is 0 Å². The molecule has 0 aromatic heterocycles. The van der Waals surface area contributed by atoms with E-state index in [2.05, 4.69) is 0 Å². The molecular formula is C14H20O3. The van der Waals surface area contributed by atoms with Gasteiger partial charge >= 0.3 is 0 Å². The van der Waals surface area contributed by atoms with Crippen molar-refractivity contribution in [2.45, 2.75) is 33.0 Å². The van der Waals surface area contributed by atoms with Crippen LogP contribution in [-0.4, -0.2) is 23.6 Å². The molecule has 1 aromatic carbocycles. The van der Waals surface area contributed by atoms with Crippen molar-refractivity contribution in [3.8, 4) is 0 Å². The average Bonchev–Trinajstić information content (AvgIpc) is 2.29. The molecule has 0 unspecified atom stereocenters. The summed E-state index contributed by atoms with van der Waals surface area (Å²) in [5.41, 5.74) is 1.10. The lowest BCUT2D eigenvalue weighted by Gasteiger charge is -2.12. The Bertz CT molecular complexity index is 333. The predicted molar refractivity (Wildman–Crippen MR) is 66.6 cm³/mol. The van der Waals surface area contributed by atoms with E-state index in [4.69, 9.17) is 9.84 Å². The molecule has 0 aliphatic rings. The fourth-order valence-corrected chi connectivity index (χ4v) is 1.51. The van der Waals surface area contributed by atoms with Crippen LogP contribution in [0.4, 0.5) is 0 Å². The molecule has 0 radical (unpaired) electrons. The molecule has 1 aromatic rings. The highest BCUT2D eigenvalue weighted by molar-refractivity contribution is 5.81. The van der Waals surface area contributed by atoms with Crippen LogP contribution in [0.15, 0.2) is 30.3 Å². The maximum absolute atomic E-state index is 11.6. The highest BCUT2D eigenvalue weighted by Gasteiger charge is 2.14. The first-order chi connectivity index (χ1) is 8.09. The summed E-state index contributed by atoms with van der Waals surface area (Å²) in [5.74, 6) is -0.110. The number of Topliss-reactive ketones (excluding diaryl/α,β-unsaturated/α-hetero) is 1. The van der Waals surface area contributed by atoms with E-state index in [9.17, 15) is 4.79 Å². The summed E-state index contributed by atoms with van der Waals surface area (Å²) in [5, 5.41) is 9.11. The lowest BCUT2D eigenvalue weighted by Crippen LogP contribution is -2.20. The standard InChI is InChI=1S/C14H20O3/c1-11(14(16)8-12(2)15)9-17-10-13-6-4-3-5-7-13/h3-7,11-12,15H,8-10H2,1-2H3/t11-,12-/m1/s1. The van der Waals surface area contributed by atoms with Crippen LogP contribution in [0.2, 0.25) is 0 Å². The van der Waals surface area contributed by atoms with Crippen LogP contribution in [-0.2, 0) is 16.1 Å². The number of aliphatic hydroxyl groups excluding tert-OH is 1. The molecular weight excluding hydrogens is 216 g/mol. The normalized spacial score (nSPS) is 14.3. The number of rotatable bonds is 7. The van der Waals surface area contributed by atoms with Crippen LogP contribution in [0.5, 0.6) is 0 Å². The summed E-state index contributed by atoms with van der Waals surface area (Å²) in [6.07, 6.45) is -0.366. The highest BCUT2D eigenvalue weighted by Crippen LogP contribution is 2.07. The predicted octanol–water partition coefficient (Wildman–Crippen LogP) is 2.18. The van der Waals surface area contributed by atoms with Gasteiger partial charge in [-0.3, -0.25) is 4.79 Å². The van der Waals surface area contributed by atoms with E-state index in [-0.39, 0.29) is 18.1 Å². The van der Waals surface area contributed by atoms with Crippen LogP contribution in [0.25, 0.3) is 0 Å². The van der Waals surface area contributed by atoms with E-state index < -0.39 is 6.10 Å². The number of carbonyl (C=O) groups is 1. The minimum Gasteiger partial charge on any atom is -0.393 e. The number of ether oxygens (including phenoxy) is 1. The van der Waals surface area contributed by atoms with E-state index in [0.717, 1.165) is 5.56 Å². The molecule has 3 nitrogen and oxygen atoms in total. The van der Waals surface area contributed by atoms with Gasteiger partial charge in [0.25, 0.3) is 0 Å². The fraction of sp³-hybridized carbons (Fsp3) is 0.500. The smallest absolute Gasteiger partial charge is 0.140 e. The van der Waals surface area contributed by atoms with Gasteiger partial charge in [-0.1, -0.05) is 37.3 Å². The second kappa shape index (κ2) is 7.20. The third-order valence-corrected chi connectivity index (χ3v) is 2.53. The van der Waals surface area contributed by atoms with Gasteiger partial charge in [-0.15, -0.1) is 0 Å². The Morgan fingerprint density at radius 2 is 1.94 bits per heavy atom. The Morgan fingerprint density at radius 1 is 1.29 bits per heavy atom. The first kappa shape index (κ1) is 13.9. The summed E-state index contributed by atoms with van der Waals surface area (Å²) >= 11 is 0. The minimum absolute atomic E-state index is 0.0491. The van der Waals surface area contributed by atoms with Gasteiger partial charge < -0.3 is 9.84 Å². The number of aliphatic hydroxyl groups is 1. The molecule has 0 saturated heterocycles. The molecule has 3 heteroatoms. The largest absolute Gasteiger partial charge is 0.393 e. The maximum Gasteiger partial charge on any atom is 0.140 e. The fourth-order valence-electron chi connectivity index (χ4n) is 1.51. The Kier molecular flexibility index (Phi) is 5.87. The van der Waals surface area contributed by atoms with E-state index in [1.165, 1.54) is 0 Å². The minimum atomic E-state index is -0.570. The Labute approximate surface area is 102 Å². The quantitative estimate of drug-likeness (QED) is 0.789.